The van der Waals surface area contributed by atoms with Gasteiger partial charge in [0, 0.05) is 24.8 Å². The highest BCUT2D eigenvalue weighted by molar-refractivity contribution is 5.74. The zero-order chi connectivity index (χ0) is 15.2. The van der Waals surface area contributed by atoms with Gasteiger partial charge in [-0.15, -0.1) is 0 Å². The summed E-state index contributed by atoms with van der Waals surface area (Å²) in [6, 6.07) is 16.6. The summed E-state index contributed by atoms with van der Waals surface area (Å²) in [5.41, 5.74) is 4.60. The van der Waals surface area contributed by atoms with Gasteiger partial charge in [-0.1, -0.05) is 50.2 Å². The lowest BCUT2D eigenvalue weighted by Crippen LogP contribution is -2.20. The van der Waals surface area contributed by atoms with Crippen LogP contribution in [-0.4, -0.2) is 19.9 Å². The Labute approximate surface area is 127 Å². The predicted molar refractivity (Wildman–Crippen MR) is 89.3 cm³/mol. The number of rotatable bonds is 6. The number of carbonyl (C=O) groups excluding carboxylic acids is 1. The fourth-order valence-electron chi connectivity index (χ4n) is 2.30. The van der Waals surface area contributed by atoms with E-state index in [1.807, 2.05) is 24.3 Å². The Morgan fingerprint density at radius 2 is 1.62 bits per heavy atom. The summed E-state index contributed by atoms with van der Waals surface area (Å²) < 4.78 is 0. The normalized spacial score (nSPS) is 10.7. The third-order valence-corrected chi connectivity index (χ3v) is 3.85. The minimum atomic E-state index is 0.570. The summed E-state index contributed by atoms with van der Waals surface area (Å²) in [5.74, 6) is 0.570. The fraction of sp³-hybridized carbons (Fsp3) is 0.316. The second-order valence-corrected chi connectivity index (χ2v) is 5.78. The maximum Gasteiger partial charge on any atom is 0.150 e. The van der Waals surface area contributed by atoms with E-state index in [0.29, 0.717) is 5.92 Å². The summed E-state index contributed by atoms with van der Waals surface area (Å²) in [4.78, 5) is 12.9. The van der Waals surface area contributed by atoms with E-state index in [4.69, 9.17) is 0 Å². The van der Waals surface area contributed by atoms with Gasteiger partial charge in [-0.05, 0) is 35.6 Å². The minimum Gasteiger partial charge on any atom is -0.374 e. The predicted octanol–water partition coefficient (Wildman–Crippen LogP) is 4.30. The summed E-state index contributed by atoms with van der Waals surface area (Å²) >= 11 is 0. The average Bonchev–Trinajstić information content (AvgIpc) is 2.53. The first-order valence-electron chi connectivity index (χ1n) is 7.45. The standard InChI is InChI=1S/C19H23NO/c1-15(2)18-8-10-19(11-9-18)20(3)13-12-16-4-6-17(14-21)7-5-16/h4-11,14-15H,12-13H2,1-3H3. The summed E-state index contributed by atoms with van der Waals surface area (Å²) in [5, 5.41) is 0. The van der Waals surface area contributed by atoms with Gasteiger partial charge in [0.2, 0.25) is 0 Å². The zero-order valence-electron chi connectivity index (χ0n) is 13.0. The van der Waals surface area contributed by atoms with Crippen molar-refractivity contribution < 1.29 is 4.79 Å². The second-order valence-electron chi connectivity index (χ2n) is 5.78. The quantitative estimate of drug-likeness (QED) is 0.736. The molecule has 2 rings (SSSR count). The first-order valence-corrected chi connectivity index (χ1v) is 7.45. The van der Waals surface area contributed by atoms with Crippen molar-refractivity contribution in [3.05, 3.63) is 65.2 Å². The maximum atomic E-state index is 10.6. The number of hydrogen-bond donors (Lipinski definition) is 0. The molecule has 2 heteroatoms. The molecule has 0 bridgehead atoms. The number of anilines is 1. The van der Waals surface area contributed by atoms with Crippen LogP contribution in [0.15, 0.2) is 48.5 Å². The molecule has 2 aromatic rings. The van der Waals surface area contributed by atoms with Gasteiger partial charge in [-0.25, -0.2) is 0 Å². The SMILES string of the molecule is CC(C)c1ccc(N(C)CCc2ccc(C=O)cc2)cc1. The zero-order valence-corrected chi connectivity index (χ0v) is 13.0. The topological polar surface area (TPSA) is 20.3 Å². The highest BCUT2D eigenvalue weighted by Crippen LogP contribution is 2.19. The van der Waals surface area contributed by atoms with Crippen molar-refractivity contribution in [1.29, 1.82) is 0 Å². The molecule has 0 radical (unpaired) electrons. The van der Waals surface area contributed by atoms with Crippen LogP contribution in [0.2, 0.25) is 0 Å². The lowest BCUT2D eigenvalue weighted by atomic mass is 10.0. The number of likely N-dealkylation sites (N-methyl/N-ethyl adjacent to an activating group) is 1. The Kier molecular flexibility index (Phi) is 5.15. The van der Waals surface area contributed by atoms with E-state index >= 15 is 0 Å². The van der Waals surface area contributed by atoms with Gasteiger partial charge in [-0.2, -0.15) is 0 Å². The average molecular weight is 281 g/mol. The second kappa shape index (κ2) is 7.07. The van der Waals surface area contributed by atoms with Gasteiger partial charge in [0.25, 0.3) is 0 Å². The lowest BCUT2D eigenvalue weighted by molar-refractivity contribution is 0.112. The smallest absolute Gasteiger partial charge is 0.150 e. The van der Waals surface area contributed by atoms with Gasteiger partial charge in [-0.3, -0.25) is 4.79 Å². The van der Waals surface area contributed by atoms with Gasteiger partial charge >= 0.3 is 0 Å². The molecular formula is C19H23NO. The van der Waals surface area contributed by atoms with Crippen LogP contribution in [0.3, 0.4) is 0 Å². The van der Waals surface area contributed by atoms with E-state index in [2.05, 4.69) is 50.1 Å². The summed E-state index contributed by atoms with van der Waals surface area (Å²) in [6.45, 7) is 5.38. The molecule has 2 aromatic carbocycles. The molecule has 0 saturated heterocycles. The molecule has 110 valence electrons. The fourth-order valence-corrected chi connectivity index (χ4v) is 2.30. The highest BCUT2D eigenvalue weighted by Gasteiger charge is 2.03. The van der Waals surface area contributed by atoms with E-state index < -0.39 is 0 Å². The third kappa shape index (κ3) is 4.19. The molecule has 0 N–H and O–H groups in total. The first-order chi connectivity index (χ1) is 10.1. The number of benzene rings is 2. The number of hydrogen-bond acceptors (Lipinski definition) is 2. The molecule has 21 heavy (non-hydrogen) atoms. The number of aldehydes is 1. The van der Waals surface area contributed by atoms with Gasteiger partial charge in [0.15, 0.2) is 0 Å². The van der Waals surface area contributed by atoms with Crippen LogP contribution in [0.1, 0.15) is 41.3 Å². The van der Waals surface area contributed by atoms with Gasteiger partial charge < -0.3 is 4.90 Å². The molecule has 0 amide bonds. The third-order valence-electron chi connectivity index (χ3n) is 3.85. The monoisotopic (exact) mass is 281 g/mol. The molecule has 0 aliphatic carbocycles. The molecule has 0 spiro atoms. The molecule has 0 fully saturated rings. The van der Waals surface area contributed by atoms with Crippen LogP contribution in [0.4, 0.5) is 5.69 Å². The van der Waals surface area contributed by atoms with Crippen LogP contribution >= 0.6 is 0 Å². The largest absolute Gasteiger partial charge is 0.374 e. The minimum absolute atomic E-state index is 0.570. The van der Waals surface area contributed by atoms with Gasteiger partial charge in [0.1, 0.15) is 6.29 Å². The molecule has 0 aromatic heterocycles. The molecule has 0 aliphatic rings. The Morgan fingerprint density at radius 3 is 2.14 bits per heavy atom. The maximum absolute atomic E-state index is 10.6. The molecule has 0 unspecified atom stereocenters. The molecule has 0 saturated carbocycles. The molecule has 0 atom stereocenters. The Bertz CT molecular complexity index is 570. The first kappa shape index (κ1) is 15.3. The van der Waals surface area contributed by atoms with Crippen LogP contribution in [0, 0.1) is 0 Å². The van der Waals surface area contributed by atoms with Crippen LogP contribution < -0.4 is 4.90 Å². The summed E-state index contributed by atoms with van der Waals surface area (Å²) in [6.07, 6.45) is 1.85. The Hall–Kier alpha value is -2.09. The number of nitrogens with zero attached hydrogens (tertiary/aromatic N) is 1. The van der Waals surface area contributed by atoms with E-state index in [1.165, 1.54) is 16.8 Å². The Morgan fingerprint density at radius 1 is 1.00 bits per heavy atom. The van der Waals surface area contributed by atoms with Crippen LogP contribution in [0.5, 0.6) is 0 Å². The Balaban J connectivity index is 1.94. The van der Waals surface area contributed by atoms with E-state index in [-0.39, 0.29) is 0 Å². The van der Waals surface area contributed by atoms with Crippen LogP contribution in [-0.2, 0) is 6.42 Å². The van der Waals surface area contributed by atoms with Crippen molar-refractivity contribution in [2.24, 2.45) is 0 Å². The van der Waals surface area contributed by atoms with Crippen molar-refractivity contribution in [1.82, 2.24) is 0 Å². The van der Waals surface area contributed by atoms with Gasteiger partial charge in [0.05, 0.1) is 0 Å². The molecular weight excluding hydrogens is 258 g/mol. The van der Waals surface area contributed by atoms with Crippen molar-refractivity contribution in [2.75, 3.05) is 18.5 Å². The highest BCUT2D eigenvalue weighted by atomic mass is 16.1. The van der Waals surface area contributed by atoms with E-state index in [9.17, 15) is 4.79 Å². The summed E-state index contributed by atoms with van der Waals surface area (Å²) in [7, 11) is 2.12. The van der Waals surface area contributed by atoms with Crippen molar-refractivity contribution in [3.63, 3.8) is 0 Å². The van der Waals surface area contributed by atoms with E-state index in [0.717, 1.165) is 24.8 Å². The van der Waals surface area contributed by atoms with Crippen molar-refractivity contribution in [2.45, 2.75) is 26.2 Å². The molecule has 2 nitrogen and oxygen atoms in total. The van der Waals surface area contributed by atoms with Crippen molar-refractivity contribution in [3.8, 4) is 0 Å². The lowest BCUT2D eigenvalue weighted by Gasteiger charge is -2.20. The molecule has 0 aliphatic heterocycles. The molecule has 0 heterocycles. The number of carbonyl (C=O) groups is 1. The van der Waals surface area contributed by atoms with Crippen molar-refractivity contribution >= 4 is 12.0 Å². The van der Waals surface area contributed by atoms with E-state index in [1.54, 1.807) is 0 Å². The van der Waals surface area contributed by atoms with Crippen LogP contribution in [0.25, 0.3) is 0 Å².